The molecule has 1 heterocycles. The highest BCUT2D eigenvalue weighted by Crippen LogP contribution is 2.25. The molecule has 15 heavy (non-hydrogen) atoms. The van der Waals surface area contributed by atoms with Crippen LogP contribution >= 0.6 is 15.9 Å². The van der Waals surface area contributed by atoms with Crippen molar-refractivity contribution in [3.63, 3.8) is 0 Å². The van der Waals surface area contributed by atoms with Gasteiger partial charge in [-0.05, 0) is 28.1 Å². The molecule has 0 bridgehead atoms. The summed E-state index contributed by atoms with van der Waals surface area (Å²) in [6, 6.07) is 3.16. The number of hydrogen-bond donors (Lipinski definition) is 1. The van der Waals surface area contributed by atoms with Crippen LogP contribution in [0.2, 0.25) is 0 Å². The van der Waals surface area contributed by atoms with Crippen molar-refractivity contribution >= 4 is 32.9 Å². The second-order valence-electron chi connectivity index (χ2n) is 2.84. The number of benzene rings is 1. The first-order chi connectivity index (χ1) is 7.13. The third-order valence-electron chi connectivity index (χ3n) is 1.97. The predicted octanol–water partition coefficient (Wildman–Crippen LogP) is 2.25. The first kappa shape index (κ1) is 10.1. The number of hydrogen-bond acceptors (Lipinski definition) is 3. The Morgan fingerprint density at radius 1 is 1.60 bits per heavy atom. The van der Waals surface area contributed by atoms with Crippen molar-refractivity contribution < 1.29 is 13.9 Å². The minimum absolute atomic E-state index is 0.257. The molecule has 1 aromatic heterocycles. The number of aromatic amines is 1. The average molecular weight is 273 g/mol. The number of nitrogens with zero attached hydrogens (tertiary/aromatic N) is 1. The zero-order valence-corrected chi connectivity index (χ0v) is 9.26. The number of fused-ring (bicyclic) bond motifs is 1. The van der Waals surface area contributed by atoms with E-state index in [1.54, 1.807) is 6.07 Å². The van der Waals surface area contributed by atoms with E-state index in [1.807, 2.05) is 0 Å². The van der Waals surface area contributed by atoms with Gasteiger partial charge in [-0.25, -0.2) is 9.78 Å². The molecule has 2 rings (SSSR count). The summed E-state index contributed by atoms with van der Waals surface area (Å²) < 4.78 is 18.1. The lowest BCUT2D eigenvalue weighted by atomic mass is 10.2. The Bertz CT molecular complexity index is 538. The van der Waals surface area contributed by atoms with Crippen molar-refractivity contribution in [2.45, 2.75) is 0 Å². The van der Waals surface area contributed by atoms with Gasteiger partial charge in [-0.2, -0.15) is 4.39 Å². The molecule has 0 fully saturated rings. The molecule has 0 radical (unpaired) electrons. The van der Waals surface area contributed by atoms with Crippen LogP contribution in [0.25, 0.3) is 11.0 Å². The summed E-state index contributed by atoms with van der Waals surface area (Å²) >= 11 is 3.21. The van der Waals surface area contributed by atoms with E-state index in [0.29, 0.717) is 15.5 Å². The highest BCUT2D eigenvalue weighted by atomic mass is 79.9. The van der Waals surface area contributed by atoms with Gasteiger partial charge in [-0.3, -0.25) is 0 Å². The fraction of sp³-hybridized carbons (Fsp3) is 0.111. The Labute approximate surface area is 92.6 Å². The topological polar surface area (TPSA) is 55.0 Å². The van der Waals surface area contributed by atoms with Crippen LogP contribution in [0.5, 0.6) is 0 Å². The fourth-order valence-electron chi connectivity index (χ4n) is 1.31. The fourth-order valence-corrected chi connectivity index (χ4v) is 1.73. The number of methoxy groups -OCH3 is 1. The monoisotopic (exact) mass is 272 g/mol. The van der Waals surface area contributed by atoms with Gasteiger partial charge < -0.3 is 9.72 Å². The van der Waals surface area contributed by atoms with Crippen molar-refractivity contribution in [1.82, 2.24) is 9.97 Å². The van der Waals surface area contributed by atoms with Crippen LogP contribution in [-0.4, -0.2) is 23.0 Å². The second kappa shape index (κ2) is 3.62. The first-order valence-electron chi connectivity index (χ1n) is 4.05. The number of ether oxygens (including phenoxy) is 1. The molecule has 0 aliphatic carbocycles. The van der Waals surface area contributed by atoms with Gasteiger partial charge >= 0.3 is 5.97 Å². The van der Waals surface area contributed by atoms with E-state index in [0.717, 1.165) is 0 Å². The van der Waals surface area contributed by atoms with Crippen LogP contribution in [0.3, 0.4) is 0 Å². The molecular formula is C9H6BrFN2O2. The Hall–Kier alpha value is -1.43. The summed E-state index contributed by atoms with van der Waals surface area (Å²) in [5, 5.41) is 0. The third kappa shape index (κ3) is 1.61. The molecule has 78 valence electrons. The molecule has 0 aliphatic heterocycles. The van der Waals surface area contributed by atoms with Crippen molar-refractivity contribution in [2.75, 3.05) is 7.11 Å². The lowest BCUT2D eigenvalue weighted by Gasteiger charge is -2.00. The van der Waals surface area contributed by atoms with E-state index >= 15 is 0 Å². The SMILES string of the molecule is COC(=O)c1ccc(Br)c2nc(F)[nH]c12. The van der Waals surface area contributed by atoms with Crippen LogP contribution in [0.4, 0.5) is 4.39 Å². The standard InChI is InChI=1S/C9H6BrFN2O2/c1-15-8(14)4-2-3-5(10)7-6(4)12-9(11)13-7/h2-3H,1H3,(H,12,13). The van der Waals surface area contributed by atoms with Crippen molar-refractivity contribution in [3.05, 3.63) is 28.2 Å². The molecule has 0 saturated heterocycles. The zero-order chi connectivity index (χ0) is 11.0. The number of halogens is 2. The Kier molecular flexibility index (Phi) is 2.44. The number of imidazole rings is 1. The Morgan fingerprint density at radius 3 is 3.00 bits per heavy atom. The lowest BCUT2D eigenvalue weighted by Crippen LogP contribution is -2.02. The van der Waals surface area contributed by atoms with Crippen LogP contribution in [0.1, 0.15) is 10.4 Å². The van der Waals surface area contributed by atoms with Crippen LogP contribution < -0.4 is 0 Å². The number of carbonyl (C=O) groups is 1. The normalized spacial score (nSPS) is 10.6. The summed E-state index contributed by atoms with van der Waals surface area (Å²) in [6.45, 7) is 0. The number of rotatable bonds is 1. The smallest absolute Gasteiger partial charge is 0.340 e. The molecule has 1 aromatic carbocycles. The maximum atomic E-state index is 12.9. The maximum absolute atomic E-state index is 12.9. The van der Waals surface area contributed by atoms with Gasteiger partial charge in [0.05, 0.1) is 18.2 Å². The van der Waals surface area contributed by atoms with Gasteiger partial charge in [0.1, 0.15) is 5.52 Å². The van der Waals surface area contributed by atoms with Crippen LogP contribution in [-0.2, 0) is 4.74 Å². The molecule has 0 unspecified atom stereocenters. The molecule has 0 atom stereocenters. The first-order valence-corrected chi connectivity index (χ1v) is 4.85. The van der Waals surface area contributed by atoms with Gasteiger partial charge in [0.2, 0.25) is 0 Å². The molecule has 4 nitrogen and oxygen atoms in total. The number of nitrogens with one attached hydrogen (secondary N) is 1. The summed E-state index contributed by atoms with van der Waals surface area (Å²) in [6.07, 6.45) is -0.734. The van der Waals surface area contributed by atoms with Crippen molar-refractivity contribution in [2.24, 2.45) is 0 Å². The zero-order valence-electron chi connectivity index (χ0n) is 7.67. The third-order valence-corrected chi connectivity index (χ3v) is 2.61. The number of esters is 1. The van der Waals surface area contributed by atoms with Gasteiger partial charge in [0.15, 0.2) is 0 Å². The summed E-state index contributed by atoms with van der Waals surface area (Å²) in [4.78, 5) is 17.3. The molecule has 0 spiro atoms. The van der Waals surface area contributed by atoms with Gasteiger partial charge in [-0.1, -0.05) is 0 Å². The Morgan fingerprint density at radius 2 is 2.33 bits per heavy atom. The molecule has 2 aromatic rings. The predicted molar refractivity (Wildman–Crippen MR) is 55.1 cm³/mol. The second-order valence-corrected chi connectivity index (χ2v) is 3.69. The van der Waals surface area contributed by atoms with Crippen LogP contribution in [0.15, 0.2) is 16.6 Å². The largest absolute Gasteiger partial charge is 0.465 e. The van der Waals surface area contributed by atoms with E-state index in [4.69, 9.17) is 0 Å². The van der Waals surface area contributed by atoms with Gasteiger partial charge in [-0.15, -0.1) is 0 Å². The lowest BCUT2D eigenvalue weighted by molar-refractivity contribution is 0.0603. The van der Waals surface area contributed by atoms with E-state index in [2.05, 4.69) is 30.6 Å². The van der Waals surface area contributed by atoms with E-state index < -0.39 is 12.0 Å². The Balaban J connectivity index is 2.76. The quantitative estimate of drug-likeness (QED) is 0.811. The highest BCUT2D eigenvalue weighted by molar-refractivity contribution is 9.10. The number of H-pyrrole nitrogens is 1. The van der Waals surface area contributed by atoms with Crippen molar-refractivity contribution in [3.8, 4) is 0 Å². The average Bonchev–Trinajstić information content (AvgIpc) is 2.60. The summed E-state index contributed by atoms with van der Waals surface area (Å²) in [7, 11) is 1.27. The van der Waals surface area contributed by atoms with Crippen LogP contribution in [0, 0.1) is 6.08 Å². The summed E-state index contributed by atoms with van der Waals surface area (Å²) in [5.74, 6) is -0.531. The minimum Gasteiger partial charge on any atom is -0.465 e. The highest BCUT2D eigenvalue weighted by Gasteiger charge is 2.15. The molecule has 0 amide bonds. The van der Waals surface area contributed by atoms with Gasteiger partial charge in [0.25, 0.3) is 6.08 Å². The molecule has 0 aliphatic rings. The molecule has 1 N–H and O–H groups in total. The molecule has 0 saturated carbocycles. The minimum atomic E-state index is -0.734. The number of carbonyl (C=O) groups excluding carboxylic acids is 1. The maximum Gasteiger partial charge on any atom is 0.340 e. The van der Waals surface area contributed by atoms with Gasteiger partial charge in [0, 0.05) is 4.47 Å². The van der Waals surface area contributed by atoms with Crippen molar-refractivity contribution in [1.29, 1.82) is 0 Å². The number of aromatic nitrogens is 2. The molecule has 6 heteroatoms. The molecular weight excluding hydrogens is 267 g/mol. The van der Waals surface area contributed by atoms with E-state index in [1.165, 1.54) is 13.2 Å². The van der Waals surface area contributed by atoms with E-state index in [9.17, 15) is 9.18 Å². The summed E-state index contributed by atoms with van der Waals surface area (Å²) in [5.41, 5.74) is 0.955. The van der Waals surface area contributed by atoms with E-state index in [-0.39, 0.29) is 5.56 Å².